The van der Waals surface area contributed by atoms with Gasteiger partial charge in [0.05, 0.1) is 5.60 Å². The number of aryl methyl sites for hydroxylation is 2. The lowest BCUT2D eigenvalue weighted by molar-refractivity contribution is -0.0472. The van der Waals surface area contributed by atoms with Crippen molar-refractivity contribution in [3.63, 3.8) is 0 Å². The lowest BCUT2D eigenvalue weighted by Gasteiger charge is -2.39. The van der Waals surface area contributed by atoms with E-state index in [1.54, 1.807) is 0 Å². The van der Waals surface area contributed by atoms with Crippen LogP contribution in [0.5, 0.6) is 0 Å². The van der Waals surface area contributed by atoms with E-state index in [9.17, 15) is 0 Å². The maximum Gasteiger partial charge on any atom is 0.0828 e. The Hall–Kier alpha value is -0.860. The Labute approximate surface area is 131 Å². The summed E-state index contributed by atoms with van der Waals surface area (Å²) < 4.78 is 5.98. The fourth-order valence-corrected chi connectivity index (χ4v) is 3.31. The van der Waals surface area contributed by atoms with Crippen molar-refractivity contribution in [2.24, 2.45) is 0 Å². The zero-order chi connectivity index (χ0) is 15.9. The van der Waals surface area contributed by atoms with E-state index in [1.807, 2.05) is 7.11 Å². The summed E-state index contributed by atoms with van der Waals surface area (Å²) in [4.78, 5) is 0. The van der Waals surface area contributed by atoms with Crippen LogP contribution in [-0.2, 0) is 11.2 Å². The SMILES string of the molecule is CCCNC(Cc1c(C)cccc1C)C(CC)(CC)OC. The van der Waals surface area contributed by atoms with Crippen LogP contribution in [-0.4, -0.2) is 25.3 Å². The van der Waals surface area contributed by atoms with Crippen molar-refractivity contribution >= 4 is 0 Å². The molecule has 1 atom stereocenters. The third kappa shape index (κ3) is 4.31. The predicted molar refractivity (Wildman–Crippen MR) is 92.0 cm³/mol. The molecule has 0 saturated heterocycles. The van der Waals surface area contributed by atoms with Crippen molar-refractivity contribution in [1.82, 2.24) is 5.32 Å². The molecular formula is C19H33NO. The highest BCUT2D eigenvalue weighted by molar-refractivity contribution is 5.34. The van der Waals surface area contributed by atoms with Crippen LogP contribution in [0.2, 0.25) is 0 Å². The fraction of sp³-hybridized carbons (Fsp3) is 0.684. The third-order valence-corrected chi connectivity index (χ3v) is 4.93. The molecule has 0 radical (unpaired) electrons. The first kappa shape index (κ1) is 18.2. The van der Waals surface area contributed by atoms with Crippen LogP contribution >= 0.6 is 0 Å². The first-order chi connectivity index (χ1) is 10.0. The smallest absolute Gasteiger partial charge is 0.0828 e. The molecule has 21 heavy (non-hydrogen) atoms. The maximum absolute atomic E-state index is 5.98. The summed E-state index contributed by atoms with van der Waals surface area (Å²) in [5.74, 6) is 0. The molecule has 2 nitrogen and oxygen atoms in total. The average molecular weight is 291 g/mol. The number of methoxy groups -OCH3 is 1. The lowest BCUT2D eigenvalue weighted by Crippen LogP contribution is -2.53. The van der Waals surface area contributed by atoms with Gasteiger partial charge >= 0.3 is 0 Å². The Kier molecular flexibility index (Phi) is 7.41. The van der Waals surface area contributed by atoms with Crippen LogP contribution in [0.25, 0.3) is 0 Å². The minimum atomic E-state index is -0.0795. The molecule has 120 valence electrons. The number of nitrogens with one attached hydrogen (secondary N) is 1. The molecule has 1 aromatic rings. The van der Waals surface area contributed by atoms with E-state index >= 15 is 0 Å². The molecule has 1 aromatic carbocycles. The van der Waals surface area contributed by atoms with E-state index in [4.69, 9.17) is 4.74 Å². The summed E-state index contributed by atoms with van der Waals surface area (Å²) in [5, 5.41) is 3.74. The van der Waals surface area contributed by atoms with Crippen molar-refractivity contribution in [2.75, 3.05) is 13.7 Å². The average Bonchev–Trinajstić information content (AvgIpc) is 2.49. The minimum Gasteiger partial charge on any atom is -0.377 e. The van der Waals surface area contributed by atoms with Crippen LogP contribution in [0, 0.1) is 13.8 Å². The molecule has 2 heteroatoms. The molecule has 0 spiro atoms. The highest BCUT2D eigenvalue weighted by atomic mass is 16.5. The molecule has 0 bridgehead atoms. The van der Waals surface area contributed by atoms with Gasteiger partial charge in [-0.1, -0.05) is 39.0 Å². The van der Waals surface area contributed by atoms with Gasteiger partial charge in [-0.15, -0.1) is 0 Å². The van der Waals surface area contributed by atoms with E-state index in [1.165, 1.54) is 16.7 Å². The second-order valence-electron chi connectivity index (χ2n) is 6.06. The number of ether oxygens (including phenoxy) is 1. The number of hydrogen-bond donors (Lipinski definition) is 1. The molecule has 0 fully saturated rings. The van der Waals surface area contributed by atoms with Crippen LogP contribution in [0.1, 0.15) is 56.7 Å². The molecule has 0 amide bonds. The van der Waals surface area contributed by atoms with Gasteiger partial charge in [0.1, 0.15) is 0 Å². The Morgan fingerprint density at radius 3 is 2.10 bits per heavy atom. The Morgan fingerprint density at radius 2 is 1.67 bits per heavy atom. The van der Waals surface area contributed by atoms with Gasteiger partial charge in [-0.3, -0.25) is 0 Å². The summed E-state index contributed by atoms with van der Waals surface area (Å²) >= 11 is 0. The molecule has 0 saturated carbocycles. The van der Waals surface area contributed by atoms with Gasteiger partial charge in [0.25, 0.3) is 0 Å². The Balaban J connectivity index is 3.08. The molecule has 0 aliphatic rings. The normalized spacial score (nSPS) is 13.4. The summed E-state index contributed by atoms with van der Waals surface area (Å²) in [7, 11) is 1.86. The van der Waals surface area contributed by atoms with E-state index < -0.39 is 0 Å². The van der Waals surface area contributed by atoms with Crippen molar-refractivity contribution in [2.45, 2.75) is 71.9 Å². The molecule has 0 aliphatic heterocycles. The van der Waals surface area contributed by atoms with E-state index in [2.05, 4.69) is 58.1 Å². The van der Waals surface area contributed by atoms with E-state index in [-0.39, 0.29) is 5.60 Å². The Bertz CT molecular complexity index is 395. The quantitative estimate of drug-likeness (QED) is 0.727. The predicted octanol–water partition coefficient (Wildman–Crippen LogP) is 4.42. The maximum atomic E-state index is 5.98. The van der Waals surface area contributed by atoms with E-state index in [0.717, 1.165) is 32.2 Å². The van der Waals surface area contributed by atoms with Gasteiger partial charge in [0, 0.05) is 13.2 Å². The minimum absolute atomic E-state index is 0.0795. The summed E-state index contributed by atoms with van der Waals surface area (Å²) in [6.45, 7) is 12.2. The van der Waals surface area contributed by atoms with Crippen LogP contribution in [0.15, 0.2) is 18.2 Å². The van der Waals surface area contributed by atoms with Gasteiger partial charge < -0.3 is 10.1 Å². The first-order valence-electron chi connectivity index (χ1n) is 8.38. The van der Waals surface area contributed by atoms with Gasteiger partial charge in [-0.2, -0.15) is 0 Å². The van der Waals surface area contributed by atoms with Crippen molar-refractivity contribution in [3.8, 4) is 0 Å². The molecule has 1 N–H and O–H groups in total. The summed E-state index contributed by atoms with van der Waals surface area (Å²) in [6.07, 6.45) is 4.25. The van der Waals surface area contributed by atoms with Gasteiger partial charge in [0.15, 0.2) is 0 Å². The summed E-state index contributed by atoms with van der Waals surface area (Å²) in [6, 6.07) is 6.93. The van der Waals surface area contributed by atoms with Crippen LogP contribution in [0.4, 0.5) is 0 Å². The first-order valence-corrected chi connectivity index (χ1v) is 8.38. The van der Waals surface area contributed by atoms with Gasteiger partial charge in [-0.05, 0) is 62.8 Å². The topological polar surface area (TPSA) is 21.3 Å². The van der Waals surface area contributed by atoms with E-state index in [0.29, 0.717) is 6.04 Å². The highest BCUT2D eigenvalue weighted by Crippen LogP contribution is 2.28. The van der Waals surface area contributed by atoms with Crippen molar-refractivity contribution in [3.05, 3.63) is 34.9 Å². The number of hydrogen-bond acceptors (Lipinski definition) is 2. The zero-order valence-corrected chi connectivity index (χ0v) is 14.8. The molecule has 0 aromatic heterocycles. The van der Waals surface area contributed by atoms with Crippen LogP contribution in [0.3, 0.4) is 0 Å². The molecule has 0 heterocycles. The fourth-order valence-electron chi connectivity index (χ4n) is 3.31. The van der Waals surface area contributed by atoms with Gasteiger partial charge in [-0.25, -0.2) is 0 Å². The molecular weight excluding hydrogens is 258 g/mol. The summed E-state index contributed by atoms with van der Waals surface area (Å²) in [5.41, 5.74) is 4.16. The zero-order valence-electron chi connectivity index (χ0n) is 14.8. The monoisotopic (exact) mass is 291 g/mol. The third-order valence-electron chi connectivity index (χ3n) is 4.93. The van der Waals surface area contributed by atoms with Crippen molar-refractivity contribution in [1.29, 1.82) is 0 Å². The largest absolute Gasteiger partial charge is 0.377 e. The lowest BCUT2D eigenvalue weighted by atomic mass is 9.82. The highest BCUT2D eigenvalue weighted by Gasteiger charge is 2.35. The molecule has 1 rings (SSSR count). The molecule has 1 unspecified atom stereocenters. The van der Waals surface area contributed by atoms with Crippen molar-refractivity contribution < 1.29 is 4.74 Å². The second-order valence-corrected chi connectivity index (χ2v) is 6.06. The Morgan fingerprint density at radius 1 is 1.10 bits per heavy atom. The number of rotatable bonds is 9. The van der Waals surface area contributed by atoms with Crippen LogP contribution < -0.4 is 5.32 Å². The second kappa shape index (κ2) is 8.55. The standard InChI is InChI=1S/C19H33NO/c1-7-13-20-18(19(8-2,9-3)21-6)14-17-15(4)11-10-12-16(17)5/h10-12,18,20H,7-9,13-14H2,1-6H3. The van der Waals surface area contributed by atoms with Gasteiger partial charge in [0.2, 0.25) is 0 Å². The molecule has 0 aliphatic carbocycles. The number of benzene rings is 1.